The van der Waals surface area contributed by atoms with Gasteiger partial charge in [-0.1, -0.05) is 26.8 Å². The van der Waals surface area contributed by atoms with E-state index in [4.69, 9.17) is 0 Å². The maximum absolute atomic E-state index is 13.3. The number of halogens is 1. The first-order valence-corrected chi connectivity index (χ1v) is 6.94. The van der Waals surface area contributed by atoms with E-state index in [1.54, 1.807) is 6.07 Å². The Kier molecular flexibility index (Phi) is 5.80. The Morgan fingerprint density at radius 1 is 1.22 bits per heavy atom. The minimum atomic E-state index is -0.130. The van der Waals surface area contributed by atoms with E-state index in [2.05, 4.69) is 39.9 Å². The molecule has 1 nitrogen and oxygen atoms in total. The molecule has 0 saturated carbocycles. The third-order valence-corrected chi connectivity index (χ3v) is 3.79. The average Bonchev–Trinajstić information content (AvgIpc) is 2.30. The van der Waals surface area contributed by atoms with Crippen LogP contribution in [-0.2, 0) is 6.42 Å². The van der Waals surface area contributed by atoms with E-state index in [9.17, 15) is 4.39 Å². The molecule has 0 aliphatic carbocycles. The van der Waals surface area contributed by atoms with Gasteiger partial charge in [0.05, 0.1) is 0 Å². The van der Waals surface area contributed by atoms with Crippen molar-refractivity contribution in [2.24, 2.45) is 11.8 Å². The van der Waals surface area contributed by atoms with E-state index < -0.39 is 0 Å². The van der Waals surface area contributed by atoms with E-state index in [0.29, 0.717) is 17.9 Å². The number of aryl methyl sites for hydroxylation is 1. The van der Waals surface area contributed by atoms with Gasteiger partial charge in [-0.15, -0.1) is 0 Å². The Morgan fingerprint density at radius 2 is 1.89 bits per heavy atom. The molecule has 102 valence electrons. The first-order chi connectivity index (χ1) is 8.45. The minimum Gasteiger partial charge on any atom is -0.314 e. The van der Waals surface area contributed by atoms with E-state index in [-0.39, 0.29) is 5.82 Å². The van der Waals surface area contributed by atoms with Gasteiger partial charge in [0.2, 0.25) is 0 Å². The second kappa shape index (κ2) is 6.89. The van der Waals surface area contributed by atoms with E-state index >= 15 is 0 Å². The lowest BCUT2D eigenvalue weighted by molar-refractivity contribution is 0.291. The molecule has 1 rings (SSSR count). The summed E-state index contributed by atoms with van der Waals surface area (Å²) in [7, 11) is 0. The molecule has 2 atom stereocenters. The zero-order chi connectivity index (χ0) is 13.7. The lowest BCUT2D eigenvalue weighted by atomic mass is 9.83. The normalized spacial score (nSPS) is 14.8. The topological polar surface area (TPSA) is 12.0 Å². The molecule has 1 aromatic rings. The van der Waals surface area contributed by atoms with Crippen molar-refractivity contribution in [1.82, 2.24) is 5.32 Å². The van der Waals surface area contributed by atoms with E-state index in [0.717, 1.165) is 18.5 Å². The third-order valence-electron chi connectivity index (χ3n) is 3.79. The fourth-order valence-corrected chi connectivity index (χ4v) is 2.58. The van der Waals surface area contributed by atoms with Crippen LogP contribution in [0.15, 0.2) is 18.2 Å². The van der Waals surface area contributed by atoms with Gasteiger partial charge in [0.25, 0.3) is 0 Å². The minimum absolute atomic E-state index is 0.130. The summed E-state index contributed by atoms with van der Waals surface area (Å²) in [6.45, 7) is 11.9. The molecule has 18 heavy (non-hydrogen) atoms. The smallest absolute Gasteiger partial charge is 0.123 e. The molecule has 0 heterocycles. The van der Waals surface area contributed by atoms with Gasteiger partial charge in [-0.05, 0) is 61.9 Å². The molecule has 1 aromatic carbocycles. The molecule has 0 saturated heterocycles. The summed E-state index contributed by atoms with van der Waals surface area (Å²) >= 11 is 0. The Hall–Kier alpha value is -0.890. The molecule has 2 unspecified atom stereocenters. The van der Waals surface area contributed by atoms with Crippen LogP contribution in [-0.4, -0.2) is 12.6 Å². The Morgan fingerprint density at radius 3 is 2.44 bits per heavy atom. The summed E-state index contributed by atoms with van der Waals surface area (Å²) < 4.78 is 13.3. The van der Waals surface area contributed by atoms with E-state index in [1.165, 1.54) is 11.6 Å². The van der Waals surface area contributed by atoms with E-state index in [1.807, 2.05) is 6.07 Å². The highest BCUT2D eigenvalue weighted by molar-refractivity contribution is 5.27. The highest BCUT2D eigenvalue weighted by Crippen LogP contribution is 2.23. The van der Waals surface area contributed by atoms with Gasteiger partial charge in [-0.25, -0.2) is 4.39 Å². The van der Waals surface area contributed by atoms with Crippen molar-refractivity contribution in [1.29, 1.82) is 0 Å². The van der Waals surface area contributed by atoms with Crippen molar-refractivity contribution in [3.63, 3.8) is 0 Å². The quantitative estimate of drug-likeness (QED) is 0.807. The summed E-state index contributed by atoms with van der Waals surface area (Å²) in [4.78, 5) is 0. The number of rotatable bonds is 6. The van der Waals surface area contributed by atoms with Gasteiger partial charge >= 0.3 is 0 Å². The Bertz CT molecular complexity index is 373. The molecule has 0 spiro atoms. The zero-order valence-electron chi connectivity index (χ0n) is 12.3. The number of hydrogen-bond donors (Lipinski definition) is 1. The molecular weight excluding hydrogens is 225 g/mol. The van der Waals surface area contributed by atoms with Crippen LogP contribution in [0.5, 0.6) is 0 Å². The average molecular weight is 251 g/mol. The van der Waals surface area contributed by atoms with Gasteiger partial charge < -0.3 is 5.32 Å². The molecule has 0 aromatic heterocycles. The second-order valence-electron chi connectivity index (χ2n) is 5.53. The molecule has 0 fully saturated rings. The third kappa shape index (κ3) is 4.09. The predicted octanol–water partition coefficient (Wildman–Crippen LogP) is 3.95. The van der Waals surface area contributed by atoms with Crippen LogP contribution < -0.4 is 5.32 Å². The molecule has 0 bridgehead atoms. The zero-order valence-corrected chi connectivity index (χ0v) is 12.3. The predicted molar refractivity (Wildman–Crippen MR) is 76.3 cm³/mol. The summed E-state index contributed by atoms with van der Waals surface area (Å²) in [5, 5.41) is 3.49. The van der Waals surface area contributed by atoms with Crippen LogP contribution in [0.25, 0.3) is 0 Å². The summed E-state index contributed by atoms with van der Waals surface area (Å²) in [5.74, 6) is 0.987. The molecule has 2 heteroatoms. The van der Waals surface area contributed by atoms with Gasteiger partial charge in [0.15, 0.2) is 0 Å². The molecular formula is C16H26FN. The van der Waals surface area contributed by atoms with Gasteiger partial charge in [0, 0.05) is 6.04 Å². The van der Waals surface area contributed by atoms with Crippen molar-refractivity contribution < 1.29 is 4.39 Å². The van der Waals surface area contributed by atoms with Gasteiger partial charge in [0.1, 0.15) is 5.82 Å². The largest absolute Gasteiger partial charge is 0.314 e. The van der Waals surface area contributed by atoms with Crippen molar-refractivity contribution in [3.05, 3.63) is 35.1 Å². The molecule has 1 N–H and O–H groups in total. The highest BCUT2D eigenvalue weighted by Gasteiger charge is 2.21. The Balaban J connectivity index is 2.86. The summed E-state index contributed by atoms with van der Waals surface area (Å²) in [6.07, 6.45) is 0.940. The lowest BCUT2D eigenvalue weighted by Gasteiger charge is -2.28. The number of hydrogen-bond acceptors (Lipinski definition) is 1. The fraction of sp³-hybridized carbons (Fsp3) is 0.625. The fourth-order valence-electron chi connectivity index (χ4n) is 2.58. The van der Waals surface area contributed by atoms with Crippen LogP contribution >= 0.6 is 0 Å². The first kappa shape index (κ1) is 15.2. The second-order valence-corrected chi connectivity index (χ2v) is 5.53. The molecule has 0 radical (unpaired) electrons. The maximum atomic E-state index is 13.3. The SMILES string of the molecule is CCNC(C)C(Cc1cc(F)ccc1C)C(C)C. The van der Waals surface area contributed by atoms with Crippen LogP contribution in [0.2, 0.25) is 0 Å². The van der Waals surface area contributed by atoms with Gasteiger partial charge in [-0.2, -0.15) is 0 Å². The maximum Gasteiger partial charge on any atom is 0.123 e. The van der Waals surface area contributed by atoms with Gasteiger partial charge in [-0.3, -0.25) is 0 Å². The van der Waals surface area contributed by atoms with Crippen molar-refractivity contribution >= 4 is 0 Å². The highest BCUT2D eigenvalue weighted by atomic mass is 19.1. The van der Waals surface area contributed by atoms with Crippen LogP contribution in [0, 0.1) is 24.6 Å². The summed E-state index contributed by atoms with van der Waals surface area (Å²) in [5.41, 5.74) is 2.32. The van der Waals surface area contributed by atoms with Crippen molar-refractivity contribution in [3.8, 4) is 0 Å². The number of benzene rings is 1. The van der Waals surface area contributed by atoms with Crippen LogP contribution in [0.3, 0.4) is 0 Å². The van der Waals surface area contributed by atoms with Crippen molar-refractivity contribution in [2.75, 3.05) is 6.54 Å². The molecule has 0 amide bonds. The van der Waals surface area contributed by atoms with Crippen LogP contribution in [0.1, 0.15) is 38.8 Å². The van der Waals surface area contributed by atoms with Crippen molar-refractivity contribution in [2.45, 2.75) is 47.1 Å². The monoisotopic (exact) mass is 251 g/mol. The number of nitrogens with one attached hydrogen (secondary N) is 1. The standard InChI is InChI=1S/C16H26FN/c1-6-18-13(5)16(11(2)3)10-14-9-15(17)8-7-12(14)4/h7-9,11,13,16,18H,6,10H2,1-5H3. The molecule has 0 aliphatic rings. The lowest BCUT2D eigenvalue weighted by Crippen LogP contribution is -2.37. The Labute approximate surface area is 111 Å². The summed E-state index contributed by atoms with van der Waals surface area (Å²) in [6, 6.07) is 5.55. The van der Waals surface area contributed by atoms with Crippen LogP contribution in [0.4, 0.5) is 4.39 Å². The molecule has 0 aliphatic heterocycles. The first-order valence-electron chi connectivity index (χ1n) is 6.94.